The molecule has 0 radical (unpaired) electrons. The number of ketones is 1. The van der Waals surface area contributed by atoms with E-state index in [2.05, 4.69) is 61.2 Å². The lowest BCUT2D eigenvalue weighted by Gasteiger charge is -2.36. The van der Waals surface area contributed by atoms with Crippen molar-refractivity contribution in [3.05, 3.63) is 60.2 Å². The molecule has 1 aliphatic heterocycles. The molecule has 1 atom stereocenters. The number of fused-ring (bicyclic) bond motifs is 2. The molecule has 0 aromatic heterocycles. The van der Waals surface area contributed by atoms with Gasteiger partial charge in [0.25, 0.3) is 0 Å². The van der Waals surface area contributed by atoms with Gasteiger partial charge < -0.3 is 20.0 Å². The molecule has 2 aromatic carbocycles. The Morgan fingerprint density at radius 3 is 2.13 bits per heavy atom. The van der Waals surface area contributed by atoms with Gasteiger partial charge in [0.2, 0.25) is 0 Å². The van der Waals surface area contributed by atoms with Crippen LogP contribution in [0.15, 0.2) is 64.4 Å². The van der Waals surface area contributed by atoms with Crippen molar-refractivity contribution in [1.29, 1.82) is 0 Å². The molecule has 2 aromatic rings. The number of carbonyl (C=O) groups excluding carboxylic acids is 1. The lowest BCUT2D eigenvalue weighted by molar-refractivity contribution is -0.134. The third-order valence-corrected chi connectivity index (χ3v) is 5.86. The van der Waals surface area contributed by atoms with Gasteiger partial charge >= 0.3 is 11.9 Å². The number of likely N-dealkylation sites (N-methyl/N-ethyl adjacent to an activating group) is 1. The number of carbonyl (C=O) groups is 3. The zero-order chi connectivity index (χ0) is 23.1. The first-order chi connectivity index (χ1) is 14.6. The molecule has 0 spiro atoms. The molecule has 8 heteroatoms. The highest BCUT2D eigenvalue weighted by Gasteiger charge is 2.25. The molecule has 164 valence electrons. The van der Waals surface area contributed by atoms with Gasteiger partial charge in [-0.2, -0.15) is 0 Å². The van der Waals surface area contributed by atoms with Crippen molar-refractivity contribution in [3.63, 3.8) is 0 Å². The first-order valence-corrected chi connectivity index (χ1v) is 10.4. The van der Waals surface area contributed by atoms with E-state index in [1.165, 1.54) is 15.5 Å². The molecule has 0 saturated heterocycles. The maximum Gasteiger partial charge on any atom is 0.328 e. The molecular formula is C23H26N2O5S. The average Bonchev–Trinajstić information content (AvgIpc) is 2.72. The smallest absolute Gasteiger partial charge is 0.328 e. The summed E-state index contributed by atoms with van der Waals surface area (Å²) in [4.78, 5) is 37.9. The molecule has 0 bridgehead atoms. The third kappa shape index (κ3) is 6.70. The van der Waals surface area contributed by atoms with Crippen molar-refractivity contribution in [3.8, 4) is 0 Å². The number of anilines is 2. The number of aliphatic carboxylic acids is 2. The zero-order valence-electron chi connectivity index (χ0n) is 17.9. The molecule has 1 unspecified atom stereocenters. The van der Waals surface area contributed by atoms with Gasteiger partial charge in [-0.3, -0.25) is 4.79 Å². The van der Waals surface area contributed by atoms with E-state index in [0.29, 0.717) is 18.2 Å². The van der Waals surface area contributed by atoms with Crippen LogP contribution in [-0.2, 0) is 9.59 Å². The first kappa shape index (κ1) is 24.2. The molecule has 31 heavy (non-hydrogen) atoms. The summed E-state index contributed by atoms with van der Waals surface area (Å²) in [5.74, 6) is -2.41. The number of hydrogen-bond acceptors (Lipinski definition) is 6. The molecule has 1 heterocycles. The van der Waals surface area contributed by atoms with Crippen molar-refractivity contribution >= 4 is 40.9 Å². The van der Waals surface area contributed by atoms with E-state index in [4.69, 9.17) is 10.2 Å². The molecule has 3 rings (SSSR count). The summed E-state index contributed by atoms with van der Waals surface area (Å²) < 4.78 is 0. The minimum Gasteiger partial charge on any atom is -0.478 e. The van der Waals surface area contributed by atoms with Gasteiger partial charge in [-0.1, -0.05) is 30.0 Å². The van der Waals surface area contributed by atoms with Crippen LogP contribution < -0.4 is 4.90 Å². The monoisotopic (exact) mass is 442 g/mol. The average molecular weight is 443 g/mol. The number of nitrogens with zero attached hydrogens (tertiary/aromatic N) is 2. The Kier molecular flexibility index (Phi) is 8.41. The normalized spacial score (nSPS) is 13.1. The Labute approximate surface area is 186 Å². The van der Waals surface area contributed by atoms with E-state index in [9.17, 15) is 14.4 Å². The second kappa shape index (κ2) is 10.8. The van der Waals surface area contributed by atoms with Crippen LogP contribution in [0.3, 0.4) is 0 Å². The second-order valence-corrected chi connectivity index (χ2v) is 8.33. The van der Waals surface area contributed by atoms with Crippen LogP contribution in [0, 0.1) is 0 Å². The highest BCUT2D eigenvalue weighted by atomic mass is 32.2. The van der Waals surface area contributed by atoms with E-state index in [1.54, 1.807) is 18.7 Å². The SMILES string of the molecule is CC(=O)c1ccc2c(c1)N(CC(C)N(C)C)c1ccccc1S2.O=C(O)/C=C\C(=O)O. The van der Waals surface area contributed by atoms with Crippen LogP contribution in [-0.4, -0.2) is 59.5 Å². The summed E-state index contributed by atoms with van der Waals surface area (Å²) >= 11 is 1.78. The van der Waals surface area contributed by atoms with Crippen LogP contribution in [0.2, 0.25) is 0 Å². The molecule has 0 fully saturated rings. The summed E-state index contributed by atoms with van der Waals surface area (Å²) in [6.07, 6.45) is 1.12. The summed E-state index contributed by atoms with van der Waals surface area (Å²) in [6.45, 7) is 4.73. The summed E-state index contributed by atoms with van der Waals surface area (Å²) in [5, 5.41) is 15.6. The van der Waals surface area contributed by atoms with E-state index in [0.717, 1.165) is 17.8 Å². The molecule has 0 aliphatic carbocycles. The Hall–Kier alpha value is -3.10. The second-order valence-electron chi connectivity index (χ2n) is 7.24. The molecule has 7 nitrogen and oxygen atoms in total. The minimum absolute atomic E-state index is 0.109. The van der Waals surface area contributed by atoms with Crippen molar-refractivity contribution in [2.45, 2.75) is 29.7 Å². The molecule has 1 aliphatic rings. The Morgan fingerprint density at radius 2 is 1.58 bits per heavy atom. The third-order valence-electron chi connectivity index (χ3n) is 4.73. The van der Waals surface area contributed by atoms with Gasteiger partial charge in [0.15, 0.2) is 5.78 Å². The number of carboxylic acid groups (broad SMARTS) is 2. The number of benzene rings is 2. The Bertz CT molecular complexity index is 987. The van der Waals surface area contributed by atoms with Crippen molar-refractivity contribution < 1.29 is 24.6 Å². The van der Waals surface area contributed by atoms with Crippen LogP contribution >= 0.6 is 11.8 Å². The van der Waals surface area contributed by atoms with E-state index >= 15 is 0 Å². The number of carboxylic acids is 2. The largest absolute Gasteiger partial charge is 0.478 e. The van der Waals surface area contributed by atoms with Gasteiger partial charge in [0.05, 0.1) is 11.4 Å². The maximum absolute atomic E-state index is 11.8. The topological polar surface area (TPSA) is 98.2 Å². The summed E-state index contributed by atoms with van der Waals surface area (Å²) in [5.41, 5.74) is 3.13. The van der Waals surface area contributed by atoms with Crippen LogP contribution in [0.5, 0.6) is 0 Å². The fraction of sp³-hybridized carbons (Fsp3) is 0.261. The predicted octanol–water partition coefficient (Wildman–Crippen LogP) is 4.15. The van der Waals surface area contributed by atoms with E-state index in [-0.39, 0.29) is 5.78 Å². The molecule has 0 saturated carbocycles. The fourth-order valence-corrected chi connectivity index (χ4v) is 3.89. The van der Waals surface area contributed by atoms with Crippen molar-refractivity contribution in [2.24, 2.45) is 0 Å². The van der Waals surface area contributed by atoms with Crippen LogP contribution in [0.1, 0.15) is 24.2 Å². The molecule has 2 N–H and O–H groups in total. The zero-order valence-corrected chi connectivity index (χ0v) is 18.7. The Morgan fingerprint density at radius 1 is 1.00 bits per heavy atom. The summed E-state index contributed by atoms with van der Waals surface area (Å²) in [7, 11) is 4.20. The number of para-hydroxylation sites is 1. The number of Topliss-reactive ketones (excluding diaryl/α,β-unsaturated/α-hetero) is 1. The number of rotatable bonds is 6. The van der Waals surface area contributed by atoms with Gasteiger partial charge in [-0.15, -0.1) is 0 Å². The lowest BCUT2D eigenvalue weighted by atomic mass is 10.1. The highest BCUT2D eigenvalue weighted by Crippen LogP contribution is 2.48. The van der Waals surface area contributed by atoms with Crippen LogP contribution in [0.25, 0.3) is 0 Å². The molecule has 0 amide bonds. The standard InChI is InChI=1S/C19H22N2OS.C4H4O4/c1-13(20(3)4)12-21-16-7-5-6-8-18(16)23-19-10-9-15(14(2)22)11-17(19)21;5-3(6)1-2-4(7)8/h5-11,13H,12H2,1-4H3;1-2H,(H,5,6)(H,7,8)/b;2-1-. The predicted molar refractivity (Wildman–Crippen MR) is 122 cm³/mol. The first-order valence-electron chi connectivity index (χ1n) is 9.60. The highest BCUT2D eigenvalue weighted by molar-refractivity contribution is 7.99. The number of hydrogen-bond donors (Lipinski definition) is 2. The minimum atomic E-state index is -1.26. The van der Waals surface area contributed by atoms with E-state index in [1.807, 2.05) is 12.1 Å². The van der Waals surface area contributed by atoms with Gasteiger partial charge in [0.1, 0.15) is 0 Å². The van der Waals surface area contributed by atoms with Gasteiger partial charge in [0, 0.05) is 40.1 Å². The van der Waals surface area contributed by atoms with Gasteiger partial charge in [-0.05, 0) is 52.2 Å². The van der Waals surface area contributed by atoms with Gasteiger partial charge in [-0.25, -0.2) is 9.59 Å². The molecular weight excluding hydrogens is 416 g/mol. The fourth-order valence-electron chi connectivity index (χ4n) is 2.82. The van der Waals surface area contributed by atoms with E-state index < -0.39 is 11.9 Å². The van der Waals surface area contributed by atoms with Crippen molar-refractivity contribution in [1.82, 2.24) is 4.90 Å². The van der Waals surface area contributed by atoms with Crippen molar-refractivity contribution in [2.75, 3.05) is 25.5 Å². The lowest BCUT2D eigenvalue weighted by Crippen LogP contribution is -2.37. The van der Waals surface area contributed by atoms with Crippen LogP contribution in [0.4, 0.5) is 11.4 Å². The summed E-state index contributed by atoms with van der Waals surface area (Å²) in [6, 6.07) is 14.9. The quantitative estimate of drug-likeness (QED) is 0.508. The Balaban J connectivity index is 0.000000366. The maximum atomic E-state index is 11.8.